The lowest BCUT2D eigenvalue weighted by Gasteiger charge is -2.11. The second-order valence-electron chi connectivity index (χ2n) is 4.35. The molecular weight excluding hydrogens is 320 g/mol. The van der Waals surface area contributed by atoms with Crippen LogP contribution in [0.4, 0.5) is 0 Å². The zero-order valence-corrected chi connectivity index (χ0v) is 13.9. The Morgan fingerprint density at radius 2 is 2.00 bits per heavy atom. The molecule has 0 radical (unpaired) electrons. The Balaban J connectivity index is 2.16. The van der Waals surface area contributed by atoms with Crippen LogP contribution in [0.5, 0.6) is 0 Å². The summed E-state index contributed by atoms with van der Waals surface area (Å²) in [4.78, 5) is 18.3. The zero-order chi connectivity index (χ0) is 14.7. The zero-order valence-electron chi connectivity index (χ0n) is 11.5. The third kappa shape index (κ3) is 3.02. The van der Waals surface area contributed by atoms with Gasteiger partial charge in [0.15, 0.2) is 5.16 Å². The van der Waals surface area contributed by atoms with E-state index in [-0.39, 0.29) is 5.56 Å². The van der Waals surface area contributed by atoms with Gasteiger partial charge in [-0.05, 0) is 29.8 Å². The molecule has 2 heterocycles. The molecule has 21 heavy (non-hydrogen) atoms. The van der Waals surface area contributed by atoms with E-state index < -0.39 is 0 Å². The van der Waals surface area contributed by atoms with E-state index in [1.165, 1.54) is 11.3 Å². The maximum atomic E-state index is 12.8. The molecule has 0 spiro atoms. The number of thiophene rings is 1. The summed E-state index contributed by atoms with van der Waals surface area (Å²) in [6.45, 7) is 0. The number of thioether (sulfide) groups is 2. The molecule has 3 aromatic rings. The van der Waals surface area contributed by atoms with E-state index in [1.807, 2.05) is 41.8 Å². The van der Waals surface area contributed by atoms with E-state index in [0.717, 1.165) is 27.2 Å². The molecular formula is C15H14N2OS3. The average Bonchev–Trinajstić information content (AvgIpc) is 2.97. The summed E-state index contributed by atoms with van der Waals surface area (Å²) in [5.41, 5.74) is 0.883. The van der Waals surface area contributed by atoms with Gasteiger partial charge in [0, 0.05) is 11.5 Å². The fraction of sp³-hybridized carbons (Fsp3) is 0.200. The maximum absolute atomic E-state index is 12.8. The first-order valence-corrected chi connectivity index (χ1v) is 9.74. The number of hydrogen-bond acceptors (Lipinski definition) is 5. The van der Waals surface area contributed by atoms with Gasteiger partial charge in [0.05, 0.1) is 11.1 Å². The Labute approximate surface area is 135 Å². The summed E-state index contributed by atoms with van der Waals surface area (Å²) in [7, 11) is 0. The third-order valence-electron chi connectivity index (χ3n) is 3.00. The Kier molecular flexibility index (Phi) is 4.67. The fourth-order valence-electron chi connectivity index (χ4n) is 2.01. The number of fused-ring (bicyclic) bond motifs is 1. The van der Waals surface area contributed by atoms with Crippen LogP contribution < -0.4 is 5.56 Å². The van der Waals surface area contributed by atoms with Crippen molar-refractivity contribution >= 4 is 45.1 Å². The molecule has 0 bridgehead atoms. The van der Waals surface area contributed by atoms with Crippen molar-refractivity contribution in [1.82, 2.24) is 9.55 Å². The third-order valence-corrected chi connectivity index (χ3v) is 5.62. The second kappa shape index (κ2) is 6.68. The smallest absolute Gasteiger partial charge is 0.267 e. The van der Waals surface area contributed by atoms with Crippen molar-refractivity contribution in [2.45, 2.75) is 5.16 Å². The van der Waals surface area contributed by atoms with Gasteiger partial charge in [-0.1, -0.05) is 30.0 Å². The predicted molar refractivity (Wildman–Crippen MR) is 94.3 cm³/mol. The molecule has 3 nitrogen and oxygen atoms in total. The van der Waals surface area contributed by atoms with Gasteiger partial charge in [0.1, 0.15) is 4.83 Å². The molecule has 0 amide bonds. The molecule has 0 unspecified atom stereocenters. The molecule has 0 aliphatic carbocycles. The summed E-state index contributed by atoms with van der Waals surface area (Å²) in [5, 5.41) is 3.39. The van der Waals surface area contributed by atoms with Gasteiger partial charge in [-0.2, -0.15) is 11.8 Å². The molecule has 3 rings (SSSR count). The SMILES string of the molecule is CSCCSc1nc2sccc2c(=O)n1-c1ccccc1. The summed E-state index contributed by atoms with van der Waals surface area (Å²) in [6, 6.07) is 11.6. The van der Waals surface area contributed by atoms with Crippen molar-refractivity contribution in [3.63, 3.8) is 0 Å². The molecule has 1 aromatic carbocycles. The van der Waals surface area contributed by atoms with Crippen LogP contribution in [-0.2, 0) is 0 Å². The van der Waals surface area contributed by atoms with Crippen LogP contribution in [0, 0.1) is 0 Å². The van der Waals surface area contributed by atoms with Crippen molar-refractivity contribution in [2.75, 3.05) is 17.8 Å². The molecule has 0 atom stereocenters. The second-order valence-corrected chi connectivity index (χ2v) is 7.29. The largest absolute Gasteiger partial charge is 0.268 e. The molecule has 0 saturated carbocycles. The summed E-state index contributed by atoms with van der Waals surface area (Å²) < 4.78 is 1.72. The van der Waals surface area contributed by atoms with Gasteiger partial charge in [-0.15, -0.1) is 11.3 Å². The summed E-state index contributed by atoms with van der Waals surface area (Å²) >= 11 is 4.95. The Bertz CT molecular complexity index is 796. The summed E-state index contributed by atoms with van der Waals surface area (Å²) in [6.07, 6.45) is 2.08. The van der Waals surface area contributed by atoms with E-state index in [2.05, 4.69) is 11.2 Å². The van der Waals surface area contributed by atoms with Crippen LogP contribution in [0.25, 0.3) is 15.9 Å². The quantitative estimate of drug-likeness (QED) is 0.403. The van der Waals surface area contributed by atoms with Gasteiger partial charge in [-0.3, -0.25) is 9.36 Å². The predicted octanol–water partition coefficient (Wildman–Crippen LogP) is 3.90. The lowest BCUT2D eigenvalue weighted by Crippen LogP contribution is -2.21. The van der Waals surface area contributed by atoms with Crippen LogP contribution in [0.2, 0.25) is 0 Å². The number of hydrogen-bond donors (Lipinski definition) is 0. The average molecular weight is 334 g/mol. The molecule has 108 valence electrons. The molecule has 0 saturated heterocycles. The summed E-state index contributed by atoms with van der Waals surface area (Å²) in [5.74, 6) is 1.98. The highest BCUT2D eigenvalue weighted by Gasteiger charge is 2.13. The molecule has 0 N–H and O–H groups in total. The van der Waals surface area contributed by atoms with Gasteiger partial charge in [-0.25, -0.2) is 4.98 Å². The number of para-hydroxylation sites is 1. The van der Waals surface area contributed by atoms with Crippen LogP contribution in [0.1, 0.15) is 0 Å². The lowest BCUT2D eigenvalue weighted by molar-refractivity contribution is 0.823. The van der Waals surface area contributed by atoms with Gasteiger partial charge >= 0.3 is 0 Å². The van der Waals surface area contributed by atoms with E-state index in [4.69, 9.17) is 0 Å². The highest BCUT2D eigenvalue weighted by Crippen LogP contribution is 2.24. The first-order chi connectivity index (χ1) is 10.3. The highest BCUT2D eigenvalue weighted by molar-refractivity contribution is 8.02. The van der Waals surface area contributed by atoms with Crippen LogP contribution in [0.15, 0.2) is 51.7 Å². The Morgan fingerprint density at radius 1 is 1.19 bits per heavy atom. The number of aromatic nitrogens is 2. The van der Waals surface area contributed by atoms with Gasteiger partial charge in [0.2, 0.25) is 0 Å². The van der Waals surface area contributed by atoms with E-state index >= 15 is 0 Å². The topological polar surface area (TPSA) is 34.9 Å². The van der Waals surface area contributed by atoms with E-state index in [1.54, 1.807) is 28.1 Å². The fourth-order valence-corrected chi connectivity index (χ4v) is 4.48. The first kappa shape index (κ1) is 14.7. The van der Waals surface area contributed by atoms with Crippen molar-refractivity contribution < 1.29 is 0 Å². The minimum absolute atomic E-state index is 0.0131. The Hall–Kier alpha value is -1.24. The molecule has 0 fully saturated rings. The normalized spacial score (nSPS) is 11.1. The molecule has 6 heteroatoms. The van der Waals surface area contributed by atoms with E-state index in [0.29, 0.717) is 5.39 Å². The minimum Gasteiger partial charge on any atom is -0.268 e. The van der Waals surface area contributed by atoms with Crippen LogP contribution in [-0.4, -0.2) is 27.3 Å². The molecule has 0 aliphatic rings. The van der Waals surface area contributed by atoms with Crippen molar-refractivity contribution in [2.24, 2.45) is 0 Å². The van der Waals surface area contributed by atoms with E-state index in [9.17, 15) is 4.79 Å². The Morgan fingerprint density at radius 3 is 2.76 bits per heavy atom. The molecule has 2 aromatic heterocycles. The standard InChI is InChI=1S/C15H14N2OS3/c1-19-9-10-21-15-16-13-12(7-8-20-13)14(18)17(15)11-5-3-2-4-6-11/h2-8H,9-10H2,1H3. The molecule has 0 aliphatic heterocycles. The van der Waals surface area contributed by atoms with Crippen LogP contribution in [0.3, 0.4) is 0 Å². The van der Waals surface area contributed by atoms with Crippen molar-refractivity contribution in [1.29, 1.82) is 0 Å². The van der Waals surface area contributed by atoms with Gasteiger partial charge in [0.25, 0.3) is 5.56 Å². The van der Waals surface area contributed by atoms with Gasteiger partial charge < -0.3 is 0 Å². The minimum atomic E-state index is 0.0131. The number of benzene rings is 1. The highest BCUT2D eigenvalue weighted by atomic mass is 32.2. The monoisotopic (exact) mass is 334 g/mol. The maximum Gasteiger partial charge on any atom is 0.267 e. The number of nitrogens with zero attached hydrogens (tertiary/aromatic N) is 2. The van der Waals surface area contributed by atoms with Crippen LogP contribution >= 0.6 is 34.9 Å². The lowest BCUT2D eigenvalue weighted by atomic mass is 10.3. The van der Waals surface area contributed by atoms with Crippen molar-refractivity contribution in [3.8, 4) is 5.69 Å². The first-order valence-electron chi connectivity index (χ1n) is 6.48. The van der Waals surface area contributed by atoms with Crippen molar-refractivity contribution in [3.05, 3.63) is 52.1 Å². The number of rotatable bonds is 5.